The Kier molecular flexibility index (Phi) is 4.36. The summed E-state index contributed by atoms with van der Waals surface area (Å²) in [5, 5.41) is 0. The molecule has 114 valence electrons. The summed E-state index contributed by atoms with van der Waals surface area (Å²) >= 11 is 0. The summed E-state index contributed by atoms with van der Waals surface area (Å²) < 4.78 is 2.10. The molecule has 5 nitrogen and oxygen atoms in total. The van der Waals surface area contributed by atoms with Crippen LogP contribution in [-0.2, 0) is 6.54 Å². The minimum Gasteiger partial charge on any atom is -1.00 e. The summed E-state index contributed by atoms with van der Waals surface area (Å²) in [5.74, 6) is 1.06. The molecular formula is C16H18ClN5. The zero-order chi connectivity index (χ0) is 14.1. The van der Waals surface area contributed by atoms with Gasteiger partial charge in [0.25, 0.3) is 5.82 Å². The Morgan fingerprint density at radius 2 is 1.77 bits per heavy atom. The zero-order valence-electron chi connectivity index (χ0n) is 12.2. The van der Waals surface area contributed by atoms with E-state index in [1.54, 1.807) is 6.33 Å². The highest BCUT2D eigenvalue weighted by Gasteiger charge is 2.24. The molecule has 22 heavy (non-hydrogen) atoms. The van der Waals surface area contributed by atoms with Crippen molar-refractivity contribution < 1.29 is 17.3 Å². The summed E-state index contributed by atoms with van der Waals surface area (Å²) in [7, 11) is 0. The Hall–Kier alpha value is -1.98. The van der Waals surface area contributed by atoms with Gasteiger partial charge in [-0.15, -0.1) is 0 Å². The van der Waals surface area contributed by atoms with Gasteiger partial charge in [-0.25, -0.2) is 9.97 Å². The van der Waals surface area contributed by atoms with Crippen LogP contribution in [-0.4, -0.2) is 32.6 Å². The number of halogens is 1. The van der Waals surface area contributed by atoms with Gasteiger partial charge < -0.3 is 17.0 Å². The third kappa shape index (κ3) is 2.69. The van der Waals surface area contributed by atoms with Crippen LogP contribution in [0.4, 0.5) is 5.82 Å². The Morgan fingerprint density at radius 3 is 2.55 bits per heavy atom. The number of fused-ring (bicyclic) bond motifs is 1. The highest BCUT2D eigenvalue weighted by Crippen LogP contribution is 2.16. The van der Waals surface area contributed by atoms with Crippen LogP contribution in [0.5, 0.6) is 0 Å². The Labute approximate surface area is 135 Å². The van der Waals surface area contributed by atoms with Crippen LogP contribution in [0.15, 0.2) is 43.0 Å². The molecule has 0 radical (unpaired) electrons. The first kappa shape index (κ1) is 14.9. The molecular weight excluding hydrogens is 298 g/mol. The van der Waals surface area contributed by atoms with Crippen molar-refractivity contribution >= 4 is 17.0 Å². The van der Waals surface area contributed by atoms with Crippen molar-refractivity contribution in [1.82, 2.24) is 19.5 Å². The smallest absolute Gasteiger partial charge is 0.257 e. The first-order chi connectivity index (χ1) is 10.4. The molecule has 1 N–H and O–H groups in total. The number of hydrogen-bond donors (Lipinski definition) is 1. The van der Waals surface area contributed by atoms with Crippen molar-refractivity contribution in [2.45, 2.75) is 19.4 Å². The van der Waals surface area contributed by atoms with E-state index in [0.717, 1.165) is 36.6 Å². The van der Waals surface area contributed by atoms with Gasteiger partial charge >= 0.3 is 0 Å². The van der Waals surface area contributed by atoms with Gasteiger partial charge in [0.2, 0.25) is 0 Å². The summed E-state index contributed by atoms with van der Waals surface area (Å²) in [6.07, 6.45) is 6.09. The molecule has 0 atom stereocenters. The van der Waals surface area contributed by atoms with Gasteiger partial charge in [-0.05, 0) is 5.56 Å². The second kappa shape index (κ2) is 6.42. The van der Waals surface area contributed by atoms with Gasteiger partial charge in [-0.3, -0.25) is 4.90 Å². The summed E-state index contributed by atoms with van der Waals surface area (Å²) in [6, 6.07) is 10.4. The first-order valence-corrected chi connectivity index (χ1v) is 7.46. The number of benzene rings is 1. The maximum Gasteiger partial charge on any atom is 0.257 e. The number of nitrogens with one attached hydrogen (secondary N) is 1. The molecule has 6 heteroatoms. The molecule has 0 aliphatic carbocycles. The average molecular weight is 316 g/mol. The molecule has 1 saturated heterocycles. The third-order valence-electron chi connectivity index (χ3n) is 4.14. The number of imidazole rings is 1. The molecule has 0 bridgehead atoms. The standard InChI is InChI=1S/C16H17N5.ClH/c1-2-6-13(7-3-1)10-21-12-19-14-15(17-11-18-16(14)21)20-8-4-5-9-20;/h1-3,6-7,11-12H,4-5,8-10H2;1H. The second-order valence-electron chi connectivity index (χ2n) is 5.56. The van der Waals surface area contributed by atoms with Gasteiger partial charge in [0, 0.05) is 12.8 Å². The largest absolute Gasteiger partial charge is 1.00 e. The lowest BCUT2D eigenvalue weighted by Crippen LogP contribution is -3.05. The normalized spacial score (nSPS) is 15.1. The SMILES string of the molecule is [Cl-].c1ccc(Cn2cnc3c([NH+]4CCCC4)ncnc32)cc1. The topological polar surface area (TPSA) is 48.0 Å². The number of nitrogens with zero attached hydrogens (tertiary/aromatic N) is 4. The maximum atomic E-state index is 4.58. The quantitative estimate of drug-likeness (QED) is 0.620. The van der Waals surface area contributed by atoms with Crippen LogP contribution in [0.3, 0.4) is 0 Å². The third-order valence-corrected chi connectivity index (χ3v) is 4.14. The van der Waals surface area contributed by atoms with Crippen molar-refractivity contribution in [2.24, 2.45) is 0 Å². The Bertz CT molecular complexity index is 750. The lowest BCUT2D eigenvalue weighted by Gasteiger charge is -2.10. The van der Waals surface area contributed by atoms with Crippen LogP contribution in [0.25, 0.3) is 11.2 Å². The molecule has 1 aliphatic rings. The van der Waals surface area contributed by atoms with E-state index in [-0.39, 0.29) is 12.4 Å². The molecule has 1 fully saturated rings. The monoisotopic (exact) mass is 315 g/mol. The van der Waals surface area contributed by atoms with Crippen LogP contribution >= 0.6 is 0 Å². The fourth-order valence-corrected chi connectivity index (χ4v) is 3.07. The van der Waals surface area contributed by atoms with Gasteiger partial charge in [-0.1, -0.05) is 30.3 Å². The average Bonchev–Trinajstić information content (AvgIpc) is 3.18. The van der Waals surface area contributed by atoms with Crippen LogP contribution < -0.4 is 17.3 Å². The van der Waals surface area contributed by atoms with Gasteiger partial charge in [0.15, 0.2) is 11.2 Å². The molecule has 2 aromatic heterocycles. The molecule has 0 saturated carbocycles. The van der Waals surface area contributed by atoms with E-state index in [1.807, 2.05) is 12.4 Å². The van der Waals surface area contributed by atoms with Crippen molar-refractivity contribution in [2.75, 3.05) is 13.1 Å². The summed E-state index contributed by atoms with van der Waals surface area (Å²) in [5.41, 5.74) is 3.14. The van der Waals surface area contributed by atoms with Gasteiger partial charge in [-0.2, -0.15) is 4.98 Å². The van der Waals surface area contributed by atoms with E-state index in [9.17, 15) is 0 Å². The lowest BCUT2D eigenvalue weighted by molar-refractivity contribution is -0.820. The fourth-order valence-electron chi connectivity index (χ4n) is 3.07. The van der Waals surface area contributed by atoms with Crippen LogP contribution in [0, 0.1) is 0 Å². The second-order valence-corrected chi connectivity index (χ2v) is 5.56. The molecule has 1 aliphatic heterocycles. The van der Waals surface area contributed by atoms with Crippen LogP contribution in [0.1, 0.15) is 18.4 Å². The van der Waals surface area contributed by atoms with E-state index in [0.29, 0.717) is 0 Å². The van der Waals surface area contributed by atoms with E-state index >= 15 is 0 Å². The number of quaternary nitrogens is 1. The molecule has 4 rings (SSSR count). The highest BCUT2D eigenvalue weighted by atomic mass is 35.5. The number of rotatable bonds is 3. The summed E-state index contributed by atoms with van der Waals surface area (Å²) in [4.78, 5) is 14.9. The maximum absolute atomic E-state index is 4.58. The van der Waals surface area contributed by atoms with Crippen molar-refractivity contribution in [3.05, 3.63) is 48.5 Å². The molecule has 3 aromatic rings. The Balaban J connectivity index is 0.00000144. The van der Waals surface area contributed by atoms with Crippen molar-refractivity contribution in [1.29, 1.82) is 0 Å². The molecule has 3 heterocycles. The number of hydrogen-bond acceptors (Lipinski definition) is 3. The minimum atomic E-state index is 0. The van der Waals surface area contributed by atoms with E-state index in [4.69, 9.17) is 0 Å². The molecule has 0 amide bonds. The van der Waals surface area contributed by atoms with E-state index in [2.05, 4.69) is 43.8 Å². The van der Waals surface area contributed by atoms with Crippen molar-refractivity contribution in [3.63, 3.8) is 0 Å². The first-order valence-electron chi connectivity index (χ1n) is 7.46. The zero-order valence-corrected chi connectivity index (χ0v) is 13.0. The van der Waals surface area contributed by atoms with Gasteiger partial charge in [0.05, 0.1) is 26.0 Å². The molecule has 0 spiro atoms. The molecule has 1 aromatic carbocycles. The minimum absolute atomic E-state index is 0. The lowest BCUT2D eigenvalue weighted by atomic mass is 10.2. The van der Waals surface area contributed by atoms with E-state index < -0.39 is 0 Å². The predicted octanol–water partition coefficient (Wildman–Crippen LogP) is -1.81. The van der Waals surface area contributed by atoms with E-state index in [1.165, 1.54) is 23.3 Å². The predicted molar refractivity (Wildman–Crippen MR) is 80.5 cm³/mol. The summed E-state index contributed by atoms with van der Waals surface area (Å²) in [6.45, 7) is 3.10. The molecule has 0 unspecified atom stereocenters. The van der Waals surface area contributed by atoms with Gasteiger partial charge in [0.1, 0.15) is 6.33 Å². The highest BCUT2D eigenvalue weighted by molar-refractivity contribution is 5.78. The van der Waals surface area contributed by atoms with Crippen LogP contribution in [0.2, 0.25) is 0 Å². The fraction of sp³-hybridized carbons (Fsp3) is 0.312. The van der Waals surface area contributed by atoms with Crippen molar-refractivity contribution in [3.8, 4) is 0 Å². The Morgan fingerprint density at radius 1 is 1.00 bits per heavy atom. The number of aromatic nitrogens is 4.